The summed E-state index contributed by atoms with van der Waals surface area (Å²) >= 11 is 0. The Morgan fingerprint density at radius 3 is 2.23 bits per heavy atom. The van der Waals surface area contributed by atoms with E-state index in [0.717, 1.165) is 67.0 Å². The van der Waals surface area contributed by atoms with Crippen molar-refractivity contribution in [2.45, 2.75) is 62.7 Å². The van der Waals surface area contributed by atoms with Gasteiger partial charge in [-0.3, -0.25) is 9.88 Å². The van der Waals surface area contributed by atoms with Crippen LogP contribution in [0, 0.1) is 11.3 Å². The zero-order valence-electron chi connectivity index (χ0n) is 24.9. The minimum Gasteiger partial charge on any atom is -0.402 e. The molecule has 2 bridgehead atoms. The maximum absolute atomic E-state index is 12.0. The normalized spacial score (nSPS) is 29.1. The largest absolute Gasteiger partial charge is 0.638 e. The second kappa shape index (κ2) is 10.1. The van der Waals surface area contributed by atoms with E-state index in [1.165, 1.54) is 5.56 Å². The van der Waals surface area contributed by atoms with Crippen molar-refractivity contribution in [1.82, 2.24) is 14.9 Å². The van der Waals surface area contributed by atoms with Crippen molar-refractivity contribution in [1.29, 1.82) is 0 Å². The highest BCUT2D eigenvalue weighted by Gasteiger charge is 2.67. The fourth-order valence-corrected chi connectivity index (χ4v) is 9.01. The van der Waals surface area contributed by atoms with Crippen molar-refractivity contribution in [3.05, 3.63) is 120 Å². The van der Waals surface area contributed by atoms with Crippen LogP contribution in [0.15, 0.2) is 97.2 Å². The van der Waals surface area contributed by atoms with Crippen molar-refractivity contribution in [2.75, 3.05) is 13.1 Å². The standard InChI is InChI=1S/C36H38BN3O3/c1-34(2)28-24-31(34)35(33-27(28)18-19-30(39-33)29-16-9-10-21-38-29)20-23-40-22-11-17-32(40)36(43-37(41)42-35,25-12-5-3-6-13-25)26-14-7-4-8-15-26/h3-10,12-16,18-19,21,28,31-32,41H,11,17,20,22-24H2,1-2H3/t28-,31-,32+,35+/m1/s1. The van der Waals surface area contributed by atoms with Gasteiger partial charge in [0.1, 0.15) is 11.2 Å². The zero-order chi connectivity index (χ0) is 29.2. The van der Waals surface area contributed by atoms with Gasteiger partial charge in [-0.1, -0.05) is 86.6 Å². The third kappa shape index (κ3) is 4.02. The average Bonchev–Trinajstić information content (AvgIpc) is 3.53. The van der Waals surface area contributed by atoms with Gasteiger partial charge in [-0.05, 0) is 84.4 Å². The average molecular weight is 572 g/mol. The summed E-state index contributed by atoms with van der Waals surface area (Å²) in [4.78, 5) is 12.5. The molecule has 2 aliphatic heterocycles. The van der Waals surface area contributed by atoms with Crippen molar-refractivity contribution in [3.8, 4) is 11.4 Å². The SMILES string of the molecule is CC1(C)[C@@H]2C[C@H]1[C@@]1(CCN3CCC[C@H]3C(c3ccccc3)(c3ccccc3)OB(O)O1)c1nc(-c3ccccn3)ccc12. The van der Waals surface area contributed by atoms with Crippen molar-refractivity contribution < 1.29 is 14.3 Å². The molecular formula is C36H38BN3O3. The van der Waals surface area contributed by atoms with Gasteiger partial charge in [0, 0.05) is 18.8 Å². The summed E-state index contributed by atoms with van der Waals surface area (Å²) in [6.45, 7) is 6.51. The summed E-state index contributed by atoms with van der Waals surface area (Å²) < 4.78 is 14.0. The topological polar surface area (TPSA) is 67.7 Å². The Labute approximate surface area is 254 Å². The Morgan fingerprint density at radius 2 is 1.56 bits per heavy atom. The molecule has 218 valence electrons. The summed E-state index contributed by atoms with van der Waals surface area (Å²) in [5.74, 6) is 0.606. The first-order valence-corrected chi connectivity index (χ1v) is 15.7. The van der Waals surface area contributed by atoms with E-state index < -0.39 is 18.5 Å². The number of nitrogens with zero attached hydrogens (tertiary/aromatic N) is 3. The molecule has 0 amide bonds. The molecule has 2 aromatic heterocycles. The van der Waals surface area contributed by atoms with Gasteiger partial charge in [0.05, 0.1) is 17.1 Å². The van der Waals surface area contributed by atoms with Crippen LogP contribution in [0.25, 0.3) is 11.4 Å². The minimum absolute atomic E-state index is 0.00925. The van der Waals surface area contributed by atoms with Crippen molar-refractivity contribution in [3.63, 3.8) is 0 Å². The second-order valence-electron chi connectivity index (χ2n) is 13.4. The molecule has 2 aromatic carbocycles. The summed E-state index contributed by atoms with van der Waals surface area (Å²) in [6, 6.07) is 31.1. The van der Waals surface area contributed by atoms with Gasteiger partial charge in [-0.2, -0.15) is 0 Å². The first-order valence-electron chi connectivity index (χ1n) is 15.7. The van der Waals surface area contributed by atoms with Crippen LogP contribution in [0.1, 0.15) is 67.8 Å². The Hall–Kier alpha value is -3.36. The van der Waals surface area contributed by atoms with E-state index in [1.807, 2.05) is 30.3 Å². The molecule has 6 nitrogen and oxygen atoms in total. The molecule has 9 rings (SSSR count). The number of fused-ring (bicyclic) bond motifs is 1. The first kappa shape index (κ1) is 27.2. The monoisotopic (exact) mass is 571 g/mol. The smallest absolute Gasteiger partial charge is 0.402 e. The molecule has 3 fully saturated rings. The molecule has 4 aromatic rings. The van der Waals surface area contributed by atoms with Crippen LogP contribution >= 0.6 is 0 Å². The van der Waals surface area contributed by atoms with Crippen LogP contribution in [-0.2, 0) is 20.5 Å². The molecule has 0 radical (unpaired) electrons. The lowest BCUT2D eigenvalue weighted by molar-refractivity contribution is -0.167. The Kier molecular flexibility index (Phi) is 6.39. The van der Waals surface area contributed by atoms with Crippen LogP contribution in [0.3, 0.4) is 0 Å². The maximum atomic E-state index is 12.0. The van der Waals surface area contributed by atoms with Gasteiger partial charge < -0.3 is 14.3 Å². The lowest BCUT2D eigenvalue weighted by Crippen LogP contribution is -2.62. The Balaban J connectivity index is 1.30. The molecule has 1 spiro atoms. The van der Waals surface area contributed by atoms with E-state index in [1.54, 1.807) is 6.20 Å². The molecule has 3 aliphatic carbocycles. The van der Waals surface area contributed by atoms with Gasteiger partial charge in [-0.25, -0.2) is 4.98 Å². The maximum Gasteiger partial charge on any atom is 0.638 e. The Bertz CT molecular complexity index is 1580. The lowest BCUT2D eigenvalue weighted by atomic mass is 9.43. The molecule has 43 heavy (non-hydrogen) atoms. The number of rotatable bonds is 3. The van der Waals surface area contributed by atoms with E-state index in [0.29, 0.717) is 5.92 Å². The highest BCUT2D eigenvalue weighted by Crippen LogP contribution is 2.69. The number of hydrogen-bond donors (Lipinski definition) is 1. The first-order chi connectivity index (χ1) is 20.9. The van der Waals surface area contributed by atoms with Gasteiger partial charge in [-0.15, -0.1) is 0 Å². The van der Waals surface area contributed by atoms with E-state index in [4.69, 9.17) is 14.3 Å². The predicted octanol–water partition coefficient (Wildman–Crippen LogP) is 6.30. The Morgan fingerprint density at radius 1 is 0.837 bits per heavy atom. The molecule has 7 heteroatoms. The number of benzene rings is 2. The van der Waals surface area contributed by atoms with E-state index in [-0.39, 0.29) is 17.4 Å². The molecule has 4 atom stereocenters. The minimum atomic E-state index is -1.46. The van der Waals surface area contributed by atoms with Crippen molar-refractivity contribution >= 4 is 7.32 Å². The molecular weight excluding hydrogens is 533 g/mol. The van der Waals surface area contributed by atoms with Crippen molar-refractivity contribution in [2.24, 2.45) is 11.3 Å². The van der Waals surface area contributed by atoms with Crippen LogP contribution in [0.5, 0.6) is 0 Å². The summed E-state index contributed by atoms with van der Waals surface area (Å²) in [5, 5.41) is 12.0. The van der Waals surface area contributed by atoms with E-state index in [9.17, 15) is 5.02 Å². The summed E-state index contributed by atoms with van der Waals surface area (Å²) in [7, 11) is -1.46. The predicted molar refractivity (Wildman–Crippen MR) is 167 cm³/mol. The molecule has 5 aliphatic rings. The summed E-state index contributed by atoms with van der Waals surface area (Å²) in [5.41, 5.74) is 4.21. The number of pyridine rings is 2. The van der Waals surface area contributed by atoms with E-state index >= 15 is 0 Å². The fourth-order valence-electron chi connectivity index (χ4n) is 9.01. The van der Waals surface area contributed by atoms with Gasteiger partial charge in [0.2, 0.25) is 0 Å². The third-order valence-corrected chi connectivity index (χ3v) is 11.1. The zero-order valence-corrected chi connectivity index (χ0v) is 24.9. The number of aromatic nitrogens is 2. The lowest BCUT2D eigenvalue weighted by Gasteiger charge is -2.64. The quantitative estimate of drug-likeness (QED) is 0.291. The second-order valence-corrected chi connectivity index (χ2v) is 13.4. The molecule has 1 N–H and O–H groups in total. The number of hydrogen-bond acceptors (Lipinski definition) is 6. The highest BCUT2D eigenvalue weighted by atomic mass is 16.7. The van der Waals surface area contributed by atoms with Gasteiger partial charge in [0.15, 0.2) is 0 Å². The summed E-state index contributed by atoms with van der Waals surface area (Å²) in [6.07, 6.45) is 5.61. The molecule has 4 heterocycles. The van der Waals surface area contributed by atoms with Gasteiger partial charge in [0.25, 0.3) is 0 Å². The fraction of sp³-hybridized carbons (Fsp3) is 0.389. The van der Waals surface area contributed by atoms with E-state index in [2.05, 4.69) is 84.4 Å². The van der Waals surface area contributed by atoms with Crippen LogP contribution in [0.4, 0.5) is 0 Å². The van der Waals surface area contributed by atoms with Crippen LogP contribution in [-0.4, -0.2) is 46.3 Å². The van der Waals surface area contributed by atoms with Crippen LogP contribution < -0.4 is 0 Å². The molecule has 0 unspecified atom stereocenters. The molecule has 2 saturated heterocycles. The third-order valence-electron chi connectivity index (χ3n) is 11.1. The van der Waals surface area contributed by atoms with Gasteiger partial charge >= 0.3 is 7.32 Å². The highest BCUT2D eigenvalue weighted by molar-refractivity contribution is 6.35. The molecule has 1 saturated carbocycles. The van der Waals surface area contributed by atoms with Crippen LogP contribution in [0.2, 0.25) is 0 Å².